The predicted octanol–water partition coefficient (Wildman–Crippen LogP) is 3.56. The highest BCUT2D eigenvalue weighted by atomic mass is 19.4. The zero-order valence-electron chi connectivity index (χ0n) is 10.1. The van der Waals surface area contributed by atoms with Crippen molar-refractivity contribution in [2.24, 2.45) is 5.41 Å². The molecule has 1 saturated carbocycles. The van der Waals surface area contributed by atoms with Crippen LogP contribution in [0.1, 0.15) is 36.3 Å². The Morgan fingerprint density at radius 1 is 1.17 bits per heavy atom. The number of hydrogen-bond acceptors (Lipinski definition) is 1. The minimum Gasteiger partial charge on any atom is -0.316 e. The lowest BCUT2D eigenvalue weighted by atomic mass is 9.91. The predicted molar refractivity (Wildman–Crippen MR) is 63.3 cm³/mol. The molecule has 2 fully saturated rings. The van der Waals surface area contributed by atoms with Gasteiger partial charge in [0.2, 0.25) is 0 Å². The summed E-state index contributed by atoms with van der Waals surface area (Å²) in [6.45, 7) is 2.08. The van der Waals surface area contributed by atoms with E-state index in [2.05, 4.69) is 5.32 Å². The molecule has 0 amide bonds. The van der Waals surface area contributed by atoms with Crippen molar-refractivity contribution in [1.82, 2.24) is 5.32 Å². The molecule has 0 bridgehead atoms. The van der Waals surface area contributed by atoms with Crippen LogP contribution in [0.5, 0.6) is 0 Å². The lowest BCUT2D eigenvalue weighted by Crippen LogP contribution is -2.31. The van der Waals surface area contributed by atoms with Crippen LogP contribution in [0.3, 0.4) is 0 Å². The van der Waals surface area contributed by atoms with Crippen LogP contribution in [0.4, 0.5) is 13.2 Å². The quantitative estimate of drug-likeness (QED) is 0.809. The van der Waals surface area contributed by atoms with Crippen molar-refractivity contribution >= 4 is 0 Å². The second kappa shape index (κ2) is 3.98. The van der Waals surface area contributed by atoms with Crippen LogP contribution in [-0.2, 0) is 6.18 Å². The number of hydrogen-bond donors (Lipinski definition) is 1. The van der Waals surface area contributed by atoms with Crippen molar-refractivity contribution in [2.45, 2.75) is 31.4 Å². The van der Waals surface area contributed by atoms with E-state index < -0.39 is 11.7 Å². The molecule has 1 saturated heterocycles. The van der Waals surface area contributed by atoms with Gasteiger partial charge in [0.25, 0.3) is 0 Å². The zero-order valence-corrected chi connectivity index (χ0v) is 10.1. The molecule has 1 aromatic carbocycles. The maximum Gasteiger partial charge on any atom is 0.416 e. The molecule has 1 aliphatic heterocycles. The monoisotopic (exact) mass is 255 g/mol. The van der Waals surface area contributed by atoms with Gasteiger partial charge in [-0.2, -0.15) is 13.2 Å². The molecule has 2 aliphatic rings. The zero-order chi connectivity index (χ0) is 12.8. The van der Waals surface area contributed by atoms with Crippen molar-refractivity contribution in [3.63, 3.8) is 0 Å². The molecule has 1 heterocycles. The van der Waals surface area contributed by atoms with E-state index in [1.807, 2.05) is 0 Å². The number of piperidine rings is 1. The van der Waals surface area contributed by atoms with Gasteiger partial charge in [0, 0.05) is 6.54 Å². The molecule has 2 atom stereocenters. The summed E-state index contributed by atoms with van der Waals surface area (Å²) in [6, 6.07) is 5.71. The standard InChI is InChI=1S/C14H16F3N/c15-14(16,17)11-4-2-10(3-5-11)12-8-13(12)6-1-7-18-9-13/h2-5,12,18H,1,6-9H2/t12-,13-/m1/s1. The molecule has 0 unspecified atom stereocenters. The highest BCUT2D eigenvalue weighted by Gasteiger charge is 2.54. The maximum absolute atomic E-state index is 12.5. The van der Waals surface area contributed by atoms with Gasteiger partial charge in [-0.1, -0.05) is 12.1 Å². The Balaban J connectivity index is 1.75. The fourth-order valence-corrected chi connectivity index (χ4v) is 3.19. The van der Waals surface area contributed by atoms with Crippen molar-refractivity contribution < 1.29 is 13.2 Å². The first-order chi connectivity index (χ1) is 8.51. The van der Waals surface area contributed by atoms with E-state index in [0.29, 0.717) is 11.3 Å². The molecule has 1 spiro atoms. The summed E-state index contributed by atoms with van der Waals surface area (Å²) in [5.41, 5.74) is 0.840. The van der Waals surface area contributed by atoms with Crippen molar-refractivity contribution in [3.05, 3.63) is 35.4 Å². The molecule has 1 aliphatic carbocycles. The molecule has 18 heavy (non-hydrogen) atoms. The van der Waals surface area contributed by atoms with E-state index in [1.165, 1.54) is 25.0 Å². The molecule has 98 valence electrons. The van der Waals surface area contributed by atoms with Gasteiger partial charge in [-0.05, 0) is 54.8 Å². The van der Waals surface area contributed by atoms with Gasteiger partial charge in [-0.3, -0.25) is 0 Å². The highest BCUT2D eigenvalue weighted by molar-refractivity contribution is 5.34. The fourth-order valence-electron chi connectivity index (χ4n) is 3.19. The van der Waals surface area contributed by atoms with E-state index >= 15 is 0 Å². The average molecular weight is 255 g/mol. The topological polar surface area (TPSA) is 12.0 Å². The van der Waals surface area contributed by atoms with Gasteiger partial charge in [-0.15, -0.1) is 0 Å². The highest BCUT2D eigenvalue weighted by Crippen LogP contribution is 2.62. The Hall–Kier alpha value is -1.03. The normalized spacial score (nSPS) is 31.6. The number of benzene rings is 1. The van der Waals surface area contributed by atoms with Crippen LogP contribution in [0.25, 0.3) is 0 Å². The van der Waals surface area contributed by atoms with E-state index in [9.17, 15) is 13.2 Å². The van der Waals surface area contributed by atoms with Crippen LogP contribution in [0.2, 0.25) is 0 Å². The summed E-state index contributed by atoms with van der Waals surface area (Å²) < 4.78 is 37.4. The van der Waals surface area contributed by atoms with Crippen molar-refractivity contribution in [2.75, 3.05) is 13.1 Å². The first kappa shape index (κ1) is 12.0. The van der Waals surface area contributed by atoms with E-state index in [-0.39, 0.29) is 0 Å². The van der Waals surface area contributed by atoms with Crippen LogP contribution in [0.15, 0.2) is 24.3 Å². The van der Waals surface area contributed by atoms with Gasteiger partial charge in [0.15, 0.2) is 0 Å². The van der Waals surface area contributed by atoms with E-state index in [0.717, 1.165) is 25.1 Å². The molecule has 1 aromatic rings. The minimum absolute atomic E-state index is 0.331. The van der Waals surface area contributed by atoms with Gasteiger partial charge >= 0.3 is 6.18 Å². The largest absolute Gasteiger partial charge is 0.416 e. The second-order valence-electron chi connectivity index (χ2n) is 5.52. The van der Waals surface area contributed by atoms with Crippen LogP contribution in [-0.4, -0.2) is 13.1 Å². The fraction of sp³-hybridized carbons (Fsp3) is 0.571. The third-order valence-electron chi connectivity index (χ3n) is 4.34. The van der Waals surface area contributed by atoms with Gasteiger partial charge < -0.3 is 5.32 Å². The first-order valence-corrected chi connectivity index (χ1v) is 6.39. The first-order valence-electron chi connectivity index (χ1n) is 6.39. The number of nitrogens with one attached hydrogen (secondary N) is 1. The van der Waals surface area contributed by atoms with Crippen molar-refractivity contribution in [3.8, 4) is 0 Å². The summed E-state index contributed by atoms with van der Waals surface area (Å²) in [4.78, 5) is 0. The molecule has 1 nitrogen and oxygen atoms in total. The molecule has 4 heteroatoms. The van der Waals surface area contributed by atoms with Crippen LogP contribution >= 0.6 is 0 Å². The van der Waals surface area contributed by atoms with Crippen molar-refractivity contribution in [1.29, 1.82) is 0 Å². The second-order valence-corrected chi connectivity index (χ2v) is 5.52. The Bertz CT molecular complexity index is 429. The van der Waals surface area contributed by atoms with Crippen LogP contribution in [0, 0.1) is 5.41 Å². The number of halogens is 3. The Labute approximate surface area is 104 Å². The van der Waals surface area contributed by atoms with E-state index in [4.69, 9.17) is 0 Å². The summed E-state index contributed by atoms with van der Waals surface area (Å²) in [5, 5.41) is 3.39. The maximum atomic E-state index is 12.5. The number of rotatable bonds is 1. The summed E-state index contributed by atoms with van der Waals surface area (Å²) >= 11 is 0. The van der Waals surface area contributed by atoms with E-state index in [1.54, 1.807) is 12.1 Å². The third kappa shape index (κ3) is 2.03. The smallest absolute Gasteiger partial charge is 0.316 e. The Morgan fingerprint density at radius 3 is 2.44 bits per heavy atom. The average Bonchev–Trinajstić information content (AvgIpc) is 3.03. The number of alkyl halides is 3. The summed E-state index contributed by atoms with van der Waals surface area (Å²) in [7, 11) is 0. The molecule has 1 N–H and O–H groups in total. The van der Waals surface area contributed by atoms with Gasteiger partial charge in [0.1, 0.15) is 0 Å². The lowest BCUT2D eigenvalue weighted by molar-refractivity contribution is -0.137. The third-order valence-corrected chi connectivity index (χ3v) is 4.34. The molecular weight excluding hydrogens is 239 g/mol. The molecular formula is C14H16F3N. The molecule has 0 radical (unpaired) electrons. The summed E-state index contributed by atoms with van der Waals surface area (Å²) in [5.74, 6) is 0.451. The molecule has 0 aromatic heterocycles. The summed E-state index contributed by atoms with van der Waals surface area (Å²) in [6.07, 6.45) is -0.736. The van der Waals surface area contributed by atoms with Crippen LogP contribution < -0.4 is 5.32 Å². The Kier molecular flexibility index (Phi) is 2.66. The SMILES string of the molecule is FC(F)(F)c1ccc([C@H]2C[C@@]23CCCNC3)cc1. The molecule has 3 rings (SSSR count). The van der Waals surface area contributed by atoms with Gasteiger partial charge in [-0.25, -0.2) is 0 Å². The minimum atomic E-state index is -4.23. The lowest BCUT2D eigenvalue weighted by Gasteiger charge is -2.23. The Morgan fingerprint density at radius 2 is 1.89 bits per heavy atom. The van der Waals surface area contributed by atoms with Gasteiger partial charge in [0.05, 0.1) is 5.56 Å².